The van der Waals surface area contributed by atoms with Gasteiger partial charge in [0.15, 0.2) is 0 Å². The van der Waals surface area contributed by atoms with Gasteiger partial charge < -0.3 is 19.8 Å². The van der Waals surface area contributed by atoms with Crippen LogP contribution < -0.4 is 9.44 Å². The third-order valence-corrected chi connectivity index (χ3v) is 13.6. The molecule has 2 saturated heterocycles. The summed E-state index contributed by atoms with van der Waals surface area (Å²) in [5.74, 6) is 0.299. The lowest BCUT2D eigenvalue weighted by atomic mass is 10.0. The van der Waals surface area contributed by atoms with Crippen molar-refractivity contribution in [1.29, 1.82) is 0 Å². The number of rotatable bonds is 15. The molecule has 0 bridgehead atoms. The van der Waals surface area contributed by atoms with Crippen LogP contribution in [0.15, 0.2) is 60.9 Å². The zero-order valence-corrected chi connectivity index (χ0v) is 34.6. The van der Waals surface area contributed by atoms with Crippen LogP contribution in [0, 0.1) is 11.8 Å². The molecule has 16 heteroatoms. The van der Waals surface area contributed by atoms with Gasteiger partial charge in [0, 0.05) is 13.1 Å². The van der Waals surface area contributed by atoms with Crippen LogP contribution in [0.5, 0.6) is 0 Å². The third-order valence-electron chi connectivity index (χ3n) is 10.9. The predicted octanol–water partition coefficient (Wildman–Crippen LogP) is 5.39. The fraction of sp³-hybridized carbons (Fsp3) is 0.500. The summed E-state index contributed by atoms with van der Waals surface area (Å²) >= 11 is 0. The number of nitrogens with zero attached hydrogens (tertiary/aromatic N) is 4. The summed E-state index contributed by atoms with van der Waals surface area (Å²) in [7, 11) is -7.11. The Morgan fingerprint density at radius 3 is 1.30 bits per heavy atom. The second-order valence-electron chi connectivity index (χ2n) is 15.4. The predicted molar refractivity (Wildman–Crippen MR) is 217 cm³/mol. The standard InChI is InChI=1S/C40H54N8O6S2/c1-7-55(51,52)45-35(25(3)4)39(49)47-21-9-11-33(47)37-41-23-31(43-37)29-17-13-27(14-18-29)28-15-19-30(20-16-28)32-24-42-38(44-32)34-12-10-22-48(34)40(50)36(26(5)6)46-56(53,54)8-2/h13-20,23-26,33-36,45-46H,7-12,21-22H2,1-6H3,(H,41,43)(H,42,44)/t33-,34-,35+,36+/m0/s1. The summed E-state index contributed by atoms with van der Waals surface area (Å²) in [4.78, 5) is 46.9. The van der Waals surface area contributed by atoms with Gasteiger partial charge in [-0.2, -0.15) is 0 Å². The fourth-order valence-electron chi connectivity index (χ4n) is 7.47. The van der Waals surface area contributed by atoms with Crippen molar-refractivity contribution in [2.45, 2.75) is 91.4 Å². The Balaban J connectivity index is 1.11. The van der Waals surface area contributed by atoms with E-state index in [9.17, 15) is 26.4 Å². The van der Waals surface area contributed by atoms with Crippen molar-refractivity contribution < 1.29 is 26.4 Å². The first kappa shape index (κ1) is 41.3. The van der Waals surface area contributed by atoms with Crippen molar-refractivity contribution in [3.8, 4) is 33.6 Å². The van der Waals surface area contributed by atoms with Crippen LogP contribution in [0.25, 0.3) is 33.6 Å². The molecule has 2 aromatic carbocycles. The van der Waals surface area contributed by atoms with E-state index >= 15 is 0 Å². The average Bonchev–Trinajstić information content (AvgIpc) is 4.02. The lowest BCUT2D eigenvalue weighted by Crippen LogP contribution is -2.51. The highest BCUT2D eigenvalue weighted by molar-refractivity contribution is 7.89. The minimum Gasteiger partial charge on any atom is -0.340 e. The average molecular weight is 807 g/mol. The highest BCUT2D eigenvalue weighted by atomic mass is 32.2. The van der Waals surface area contributed by atoms with E-state index in [4.69, 9.17) is 0 Å². The SMILES string of the molecule is CCS(=O)(=O)N[C@@H](C(=O)N1CCC[C@H]1c1ncc(-c2ccc(-c3ccc(-c4cnc([C@@H]5CCCN5C(=O)[C@H](NS(=O)(=O)CC)C(C)C)[nH]4)cc3)cc2)[nH]1)C(C)C. The van der Waals surface area contributed by atoms with Crippen molar-refractivity contribution in [3.05, 3.63) is 72.6 Å². The molecule has 0 saturated carbocycles. The monoisotopic (exact) mass is 806 g/mol. The third kappa shape index (κ3) is 9.09. The van der Waals surface area contributed by atoms with Crippen LogP contribution in [0.4, 0.5) is 0 Å². The Morgan fingerprint density at radius 1 is 0.643 bits per heavy atom. The van der Waals surface area contributed by atoms with Crippen LogP contribution >= 0.6 is 0 Å². The molecule has 2 fully saturated rings. The molecular weight excluding hydrogens is 753 g/mol. The maximum atomic E-state index is 13.6. The number of carbonyl (C=O) groups excluding carboxylic acids is 2. The van der Waals surface area contributed by atoms with E-state index in [0.717, 1.165) is 59.3 Å². The molecule has 0 aliphatic carbocycles. The molecule has 2 aliphatic heterocycles. The van der Waals surface area contributed by atoms with Gasteiger partial charge in [0.2, 0.25) is 31.9 Å². The quantitative estimate of drug-likeness (QED) is 0.123. The molecule has 4 heterocycles. The number of hydrogen-bond donors (Lipinski definition) is 4. The van der Waals surface area contributed by atoms with E-state index in [0.29, 0.717) is 24.7 Å². The van der Waals surface area contributed by atoms with Crippen LogP contribution in [-0.4, -0.2) is 95.1 Å². The molecule has 6 rings (SSSR count). The van der Waals surface area contributed by atoms with Crippen LogP contribution in [0.2, 0.25) is 0 Å². The minimum absolute atomic E-state index is 0.0908. The van der Waals surface area contributed by atoms with Gasteiger partial charge in [-0.25, -0.2) is 36.2 Å². The number of aromatic nitrogens is 4. The van der Waals surface area contributed by atoms with E-state index in [2.05, 4.69) is 29.4 Å². The van der Waals surface area contributed by atoms with Gasteiger partial charge in [0.25, 0.3) is 0 Å². The largest absolute Gasteiger partial charge is 0.340 e. The van der Waals surface area contributed by atoms with E-state index in [1.165, 1.54) is 0 Å². The van der Waals surface area contributed by atoms with Gasteiger partial charge in [-0.05, 0) is 73.6 Å². The number of carbonyl (C=O) groups is 2. The number of aromatic amines is 2. The molecule has 302 valence electrons. The van der Waals surface area contributed by atoms with E-state index in [1.54, 1.807) is 36.0 Å². The first-order valence-corrected chi connectivity index (χ1v) is 22.8. The maximum absolute atomic E-state index is 13.6. The highest BCUT2D eigenvalue weighted by Crippen LogP contribution is 2.35. The van der Waals surface area contributed by atoms with Crippen molar-refractivity contribution in [2.24, 2.45) is 11.8 Å². The van der Waals surface area contributed by atoms with Crippen molar-refractivity contribution in [3.63, 3.8) is 0 Å². The number of nitrogens with one attached hydrogen (secondary N) is 4. The summed E-state index contributed by atoms with van der Waals surface area (Å²) < 4.78 is 54.6. The molecule has 4 N–H and O–H groups in total. The number of H-pyrrole nitrogens is 2. The maximum Gasteiger partial charge on any atom is 0.241 e. The Hall–Kier alpha value is -4.38. The zero-order chi connectivity index (χ0) is 40.4. The Kier molecular flexibility index (Phi) is 12.5. The molecular formula is C40H54N8O6S2. The number of amides is 2. The van der Waals surface area contributed by atoms with Gasteiger partial charge in [-0.3, -0.25) is 9.59 Å². The van der Waals surface area contributed by atoms with Gasteiger partial charge in [0.05, 0.1) is 47.4 Å². The number of likely N-dealkylation sites (tertiary alicyclic amines) is 2. The van der Waals surface area contributed by atoms with Crippen molar-refractivity contribution in [2.75, 3.05) is 24.6 Å². The molecule has 14 nitrogen and oxygen atoms in total. The van der Waals surface area contributed by atoms with Crippen LogP contribution in [0.3, 0.4) is 0 Å². The lowest BCUT2D eigenvalue weighted by Gasteiger charge is -2.30. The summed E-state index contributed by atoms with van der Waals surface area (Å²) in [6.07, 6.45) is 6.63. The molecule has 2 aliphatic rings. The Bertz CT molecular complexity index is 2060. The number of hydrogen-bond acceptors (Lipinski definition) is 8. The molecule has 56 heavy (non-hydrogen) atoms. The number of benzene rings is 2. The molecule has 2 amide bonds. The second-order valence-corrected chi connectivity index (χ2v) is 19.5. The lowest BCUT2D eigenvalue weighted by molar-refractivity contribution is -0.135. The highest BCUT2D eigenvalue weighted by Gasteiger charge is 2.39. The molecule has 4 atom stereocenters. The first-order valence-electron chi connectivity index (χ1n) is 19.5. The minimum atomic E-state index is -3.56. The smallest absolute Gasteiger partial charge is 0.241 e. The number of sulfonamides is 2. The van der Waals surface area contributed by atoms with Gasteiger partial charge in [-0.1, -0.05) is 76.2 Å². The Morgan fingerprint density at radius 2 is 0.982 bits per heavy atom. The van der Waals surface area contributed by atoms with E-state index in [-0.39, 0.29) is 47.2 Å². The summed E-state index contributed by atoms with van der Waals surface area (Å²) in [5, 5.41) is 0. The zero-order valence-electron chi connectivity index (χ0n) is 32.9. The topological polar surface area (TPSA) is 190 Å². The summed E-state index contributed by atoms with van der Waals surface area (Å²) in [5.41, 5.74) is 5.61. The summed E-state index contributed by atoms with van der Waals surface area (Å²) in [6, 6.07) is 14.1. The van der Waals surface area contributed by atoms with Crippen molar-refractivity contribution >= 4 is 31.9 Å². The Labute approximate surface area is 330 Å². The number of imidazole rings is 2. The fourth-order valence-corrected chi connectivity index (χ4v) is 9.33. The van der Waals surface area contributed by atoms with Gasteiger partial charge in [0.1, 0.15) is 23.7 Å². The van der Waals surface area contributed by atoms with Crippen molar-refractivity contribution in [1.82, 2.24) is 39.2 Å². The van der Waals surface area contributed by atoms with Gasteiger partial charge >= 0.3 is 0 Å². The first-order chi connectivity index (χ1) is 26.6. The summed E-state index contributed by atoms with van der Waals surface area (Å²) in [6.45, 7) is 11.6. The van der Waals surface area contributed by atoms with E-state index in [1.807, 2.05) is 76.2 Å². The molecule has 0 spiro atoms. The second kappa shape index (κ2) is 17.0. The van der Waals surface area contributed by atoms with Gasteiger partial charge in [-0.15, -0.1) is 0 Å². The molecule has 0 unspecified atom stereocenters. The van der Waals surface area contributed by atoms with Crippen LogP contribution in [-0.2, 0) is 29.6 Å². The molecule has 2 aromatic heterocycles. The molecule has 0 radical (unpaired) electrons. The molecule has 4 aromatic rings. The van der Waals surface area contributed by atoms with Crippen LogP contribution in [0.1, 0.15) is 91.0 Å². The normalized spacial score (nSPS) is 18.9. The van der Waals surface area contributed by atoms with E-state index < -0.39 is 32.1 Å².